The number of carbonyl (C=O) groups excluding carboxylic acids is 1. The smallest absolute Gasteiger partial charge is 0.219 e. The van der Waals surface area contributed by atoms with Gasteiger partial charge in [0.05, 0.1) is 14.2 Å². The van der Waals surface area contributed by atoms with Gasteiger partial charge in [-0.05, 0) is 48.7 Å². The number of nitrogens with zero attached hydrogens (tertiary/aromatic N) is 1. The van der Waals surface area contributed by atoms with E-state index in [4.69, 9.17) is 14.2 Å². The Balaban J connectivity index is 1.62. The highest BCUT2D eigenvalue weighted by molar-refractivity contribution is 5.74. The number of rotatable bonds is 8. The summed E-state index contributed by atoms with van der Waals surface area (Å²) in [6.07, 6.45) is 2.23. The lowest BCUT2D eigenvalue weighted by Crippen LogP contribution is -2.30. The Hall–Kier alpha value is -2.69. The van der Waals surface area contributed by atoms with E-state index in [0.29, 0.717) is 19.2 Å². The number of benzene rings is 2. The van der Waals surface area contributed by atoms with Crippen LogP contribution >= 0.6 is 0 Å². The summed E-state index contributed by atoms with van der Waals surface area (Å²) < 4.78 is 16.5. The molecule has 5 nitrogen and oxygen atoms in total. The second-order valence-electron chi connectivity index (χ2n) is 6.49. The van der Waals surface area contributed by atoms with Gasteiger partial charge in [-0.1, -0.05) is 12.1 Å². The predicted octanol–water partition coefficient (Wildman–Crippen LogP) is 3.79. The quantitative estimate of drug-likeness (QED) is 0.723. The van der Waals surface area contributed by atoms with Crippen molar-refractivity contribution in [2.45, 2.75) is 39.0 Å². The van der Waals surface area contributed by atoms with Crippen molar-refractivity contribution in [1.29, 1.82) is 0 Å². The van der Waals surface area contributed by atoms with Crippen LogP contribution in [0.1, 0.15) is 30.9 Å². The summed E-state index contributed by atoms with van der Waals surface area (Å²) in [5.74, 6) is 2.45. The van der Waals surface area contributed by atoms with Gasteiger partial charge in [0.25, 0.3) is 0 Å². The Morgan fingerprint density at radius 1 is 1.04 bits per heavy atom. The van der Waals surface area contributed by atoms with E-state index < -0.39 is 0 Å². The monoisotopic (exact) mass is 355 g/mol. The molecule has 0 heterocycles. The van der Waals surface area contributed by atoms with Gasteiger partial charge in [0, 0.05) is 25.1 Å². The Morgan fingerprint density at radius 3 is 2.31 bits per heavy atom. The fraction of sp³-hybridized carbons (Fsp3) is 0.381. The Labute approximate surface area is 154 Å². The molecule has 1 aliphatic rings. The number of hydrogen-bond acceptors (Lipinski definition) is 4. The normalized spacial score (nSPS) is 13.2. The molecule has 5 heteroatoms. The van der Waals surface area contributed by atoms with Gasteiger partial charge < -0.3 is 19.1 Å². The molecule has 26 heavy (non-hydrogen) atoms. The van der Waals surface area contributed by atoms with Crippen molar-refractivity contribution in [3.63, 3.8) is 0 Å². The van der Waals surface area contributed by atoms with Gasteiger partial charge in [-0.3, -0.25) is 4.79 Å². The molecule has 0 radical (unpaired) electrons. The first-order valence-electron chi connectivity index (χ1n) is 8.80. The minimum Gasteiger partial charge on any atom is -0.497 e. The molecule has 1 aliphatic carbocycles. The van der Waals surface area contributed by atoms with Gasteiger partial charge in [0.2, 0.25) is 5.91 Å². The highest BCUT2D eigenvalue weighted by atomic mass is 16.5. The number of carbonyl (C=O) groups is 1. The highest BCUT2D eigenvalue weighted by Crippen LogP contribution is 2.29. The van der Waals surface area contributed by atoms with E-state index in [9.17, 15) is 4.79 Å². The molecule has 1 amide bonds. The maximum absolute atomic E-state index is 11.7. The lowest BCUT2D eigenvalue weighted by molar-refractivity contribution is -0.130. The minimum atomic E-state index is 0.137. The van der Waals surface area contributed by atoms with E-state index in [1.54, 1.807) is 21.1 Å². The standard InChI is InChI=1S/C21H25NO4/c1-15(23)22(18-6-7-18)13-16-4-8-19(9-5-16)26-14-17-12-20(24-2)10-11-21(17)25-3/h4-5,8-12,18H,6-7,13-14H2,1-3H3. The maximum Gasteiger partial charge on any atom is 0.219 e. The zero-order valence-electron chi connectivity index (χ0n) is 15.5. The molecule has 0 aromatic heterocycles. The molecule has 3 rings (SSSR count). The SMILES string of the molecule is COc1ccc(OC)c(COc2ccc(CN(C(C)=O)C3CC3)cc2)c1. The molecular formula is C21H25NO4. The summed E-state index contributed by atoms with van der Waals surface area (Å²) >= 11 is 0. The molecule has 0 saturated heterocycles. The van der Waals surface area contributed by atoms with Gasteiger partial charge >= 0.3 is 0 Å². The summed E-state index contributed by atoms with van der Waals surface area (Å²) in [4.78, 5) is 13.7. The van der Waals surface area contributed by atoms with Crippen molar-refractivity contribution in [3.8, 4) is 17.2 Å². The Bertz CT molecular complexity index is 753. The maximum atomic E-state index is 11.7. The van der Waals surface area contributed by atoms with Crippen molar-refractivity contribution >= 4 is 5.91 Å². The molecule has 138 valence electrons. The second-order valence-corrected chi connectivity index (χ2v) is 6.49. The second kappa shape index (κ2) is 8.13. The lowest BCUT2D eigenvalue weighted by atomic mass is 10.2. The zero-order valence-corrected chi connectivity index (χ0v) is 15.5. The van der Waals surface area contributed by atoms with Crippen LogP contribution in [-0.2, 0) is 17.9 Å². The molecule has 0 bridgehead atoms. The fourth-order valence-corrected chi connectivity index (χ4v) is 2.93. The largest absolute Gasteiger partial charge is 0.497 e. The van der Waals surface area contributed by atoms with Crippen molar-refractivity contribution in [2.24, 2.45) is 0 Å². The summed E-state index contributed by atoms with van der Waals surface area (Å²) in [6.45, 7) is 2.68. The number of amides is 1. The van der Waals surface area contributed by atoms with Gasteiger partial charge in [0.15, 0.2) is 0 Å². The van der Waals surface area contributed by atoms with Crippen LogP contribution in [-0.4, -0.2) is 31.1 Å². The van der Waals surface area contributed by atoms with Crippen LogP contribution in [0, 0.1) is 0 Å². The average molecular weight is 355 g/mol. The van der Waals surface area contributed by atoms with E-state index in [1.165, 1.54) is 0 Å². The van der Waals surface area contributed by atoms with E-state index in [1.807, 2.05) is 47.4 Å². The number of hydrogen-bond donors (Lipinski definition) is 0. The highest BCUT2D eigenvalue weighted by Gasteiger charge is 2.30. The predicted molar refractivity (Wildman–Crippen MR) is 99.6 cm³/mol. The molecule has 0 atom stereocenters. The summed E-state index contributed by atoms with van der Waals surface area (Å²) in [5, 5.41) is 0. The summed E-state index contributed by atoms with van der Waals surface area (Å²) in [5.41, 5.74) is 2.03. The molecule has 2 aromatic carbocycles. The molecular weight excluding hydrogens is 330 g/mol. The molecule has 2 aromatic rings. The van der Waals surface area contributed by atoms with Crippen molar-refractivity contribution < 1.29 is 19.0 Å². The van der Waals surface area contributed by atoms with Crippen molar-refractivity contribution in [2.75, 3.05) is 14.2 Å². The van der Waals surface area contributed by atoms with E-state index in [2.05, 4.69) is 0 Å². The molecule has 0 unspecified atom stereocenters. The fourth-order valence-electron chi connectivity index (χ4n) is 2.93. The van der Waals surface area contributed by atoms with Gasteiger partial charge in [-0.15, -0.1) is 0 Å². The number of ether oxygens (including phenoxy) is 3. The third-order valence-corrected chi connectivity index (χ3v) is 4.55. The first-order chi connectivity index (χ1) is 12.6. The van der Waals surface area contributed by atoms with Gasteiger partial charge in [-0.2, -0.15) is 0 Å². The third kappa shape index (κ3) is 4.48. The Morgan fingerprint density at radius 2 is 1.73 bits per heavy atom. The molecule has 0 aliphatic heterocycles. The number of methoxy groups -OCH3 is 2. The van der Waals surface area contributed by atoms with Crippen molar-refractivity contribution in [1.82, 2.24) is 4.90 Å². The van der Waals surface area contributed by atoms with Crippen LogP contribution in [0.4, 0.5) is 0 Å². The average Bonchev–Trinajstić information content (AvgIpc) is 3.49. The third-order valence-electron chi connectivity index (χ3n) is 4.55. The van der Waals surface area contributed by atoms with Crippen LogP contribution in [0.2, 0.25) is 0 Å². The van der Waals surface area contributed by atoms with E-state index in [0.717, 1.165) is 41.2 Å². The molecule has 1 fully saturated rings. The molecule has 0 N–H and O–H groups in total. The topological polar surface area (TPSA) is 48.0 Å². The Kier molecular flexibility index (Phi) is 5.66. The summed E-state index contributed by atoms with van der Waals surface area (Å²) in [6, 6.07) is 14.0. The lowest BCUT2D eigenvalue weighted by Gasteiger charge is -2.20. The van der Waals surface area contributed by atoms with E-state index in [-0.39, 0.29) is 5.91 Å². The van der Waals surface area contributed by atoms with E-state index >= 15 is 0 Å². The molecule has 1 saturated carbocycles. The van der Waals surface area contributed by atoms with Crippen LogP contribution in [0.15, 0.2) is 42.5 Å². The molecule has 0 spiro atoms. The van der Waals surface area contributed by atoms with Crippen LogP contribution in [0.3, 0.4) is 0 Å². The minimum absolute atomic E-state index is 0.137. The zero-order chi connectivity index (χ0) is 18.5. The van der Waals surface area contributed by atoms with Crippen molar-refractivity contribution in [3.05, 3.63) is 53.6 Å². The van der Waals surface area contributed by atoms with Gasteiger partial charge in [0.1, 0.15) is 23.9 Å². The van der Waals surface area contributed by atoms with Crippen LogP contribution in [0.25, 0.3) is 0 Å². The van der Waals surface area contributed by atoms with Crippen LogP contribution in [0.5, 0.6) is 17.2 Å². The van der Waals surface area contributed by atoms with Gasteiger partial charge in [-0.25, -0.2) is 0 Å². The summed E-state index contributed by atoms with van der Waals surface area (Å²) in [7, 11) is 3.28. The first kappa shape index (κ1) is 18.1. The van der Waals surface area contributed by atoms with Crippen LogP contribution < -0.4 is 14.2 Å². The first-order valence-corrected chi connectivity index (χ1v) is 8.80.